The van der Waals surface area contributed by atoms with E-state index in [2.05, 4.69) is 10.6 Å². The zero-order chi connectivity index (χ0) is 21.5. The molecule has 2 aromatic carbocycles. The molecule has 0 aliphatic rings. The van der Waals surface area contributed by atoms with Crippen LogP contribution < -0.4 is 20.1 Å². The van der Waals surface area contributed by atoms with Crippen LogP contribution >= 0.6 is 23.1 Å². The number of carbonyl (C=O) groups is 2. The van der Waals surface area contributed by atoms with Crippen molar-refractivity contribution in [2.75, 3.05) is 24.9 Å². The summed E-state index contributed by atoms with van der Waals surface area (Å²) in [5.41, 5.74) is 1.26. The van der Waals surface area contributed by atoms with Crippen LogP contribution in [0.15, 0.2) is 64.9 Å². The molecule has 1 unspecified atom stereocenters. The molecule has 2 N–H and O–H groups in total. The number of hydrogen-bond acceptors (Lipinski definition) is 6. The van der Waals surface area contributed by atoms with Gasteiger partial charge in [-0.1, -0.05) is 6.07 Å². The van der Waals surface area contributed by atoms with Crippen molar-refractivity contribution >= 4 is 46.3 Å². The summed E-state index contributed by atoms with van der Waals surface area (Å²) in [6.45, 7) is 1.83. The van der Waals surface area contributed by atoms with Crippen LogP contribution in [0.5, 0.6) is 11.5 Å². The number of carbonyl (C=O) groups excluding carboxylic acids is 2. The fourth-order valence-electron chi connectivity index (χ4n) is 2.62. The van der Waals surface area contributed by atoms with Gasteiger partial charge >= 0.3 is 0 Å². The van der Waals surface area contributed by atoms with E-state index in [1.54, 1.807) is 38.5 Å². The third-order valence-corrected chi connectivity index (χ3v) is 6.18. The van der Waals surface area contributed by atoms with Crippen molar-refractivity contribution in [2.45, 2.75) is 17.1 Å². The van der Waals surface area contributed by atoms with E-state index in [1.165, 1.54) is 23.1 Å². The SMILES string of the molecule is COc1ccc(OC)c(NC(=O)C(C)Sc2ccc(NC(=O)c3cccs3)cc2)c1. The monoisotopic (exact) mass is 442 g/mol. The molecule has 8 heteroatoms. The fourth-order valence-corrected chi connectivity index (χ4v) is 4.11. The van der Waals surface area contributed by atoms with Gasteiger partial charge in [0.1, 0.15) is 11.5 Å². The molecule has 0 fully saturated rings. The molecule has 0 saturated carbocycles. The maximum absolute atomic E-state index is 12.6. The predicted molar refractivity (Wildman–Crippen MR) is 122 cm³/mol. The summed E-state index contributed by atoms with van der Waals surface area (Å²) >= 11 is 2.82. The maximum Gasteiger partial charge on any atom is 0.265 e. The second-order valence-electron chi connectivity index (χ2n) is 6.27. The lowest BCUT2D eigenvalue weighted by Gasteiger charge is -2.15. The van der Waals surface area contributed by atoms with Crippen LogP contribution in [0.3, 0.4) is 0 Å². The minimum absolute atomic E-state index is 0.134. The Kier molecular flexibility index (Phi) is 7.37. The quantitative estimate of drug-likeness (QED) is 0.473. The second-order valence-corrected chi connectivity index (χ2v) is 8.63. The van der Waals surface area contributed by atoms with Crippen molar-refractivity contribution in [2.24, 2.45) is 0 Å². The van der Waals surface area contributed by atoms with E-state index in [-0.39, 0.29) is 17.1 Å². The van der Waals surface area contributed by atoms with Crippen LogP contribution in [-0.2, 0) is 4.79 Å². The Labute approximate surface area is 183 Å². The summed E-state index contributed by atoms with van der Waals surface area (Å²) in [6.07, 6.45) is 0. The lowest BCUT2D eigenvalue weighted by Crippen LogP contribution is -2.22. The van der Waals surface area contributed by atoms with Crippen molar-refractivity contribution < 1.29 is 19.1 Å². The fraction of sp³-hybridized carbons (Fsp3) is 0.182. The van der Waals surface area contributed by atoms with Gasteiger partial charge in [0.05, 0.1) is 30.0 Å². The Balaban J connectivity index is 1.59. The summed E-state index contributed by atoms with van der Waals surface area (Å²) in [5.74, 6) is 0.908. The number of nitrogens with one attached hydrogen (secondary N) is 2. The van der Waals surface area contributed by atoms with Crippen LogP contribution in [0.4, 0.5) is 11.4 Å². The largest absolute Gasteiger partial charge is 0.497 e. The molecular formula is C22H22N2O4S2. The van der Waals surface area contributed by atoms with Gasteiger partial charge in [0.15, 0.2) is 0 Å². The molecule has 1 heterocycles. The number of rotatable bonds is 8. The molecule has 0 spiro atoms. The normalized spacial score (nSPS) is 11.4. The zero-order valence-corrected chi connectivity index (χ0v) is 18.4. The average Bonchev–Trinajstić information content (AvgIpc) is 3.30. The lowest BCUT2D eigenvalue weighted by molar-refractivity contribution is -0.115. The minimum Gasteiger partial charge on any atom is -0.497 e. The molecule has 156 valence electrons. The molecule has 0 bridgehead atoms. The first-order valence-electron chi connectivity index (χ1n) is 9.14. The van der Waals surface area contributed by atoms with Gasteiger partial charge in [0.2, 0.25) is 5.91 Å². The maximum atomic E-state index is 12.6. The van der Waals surface area contributed by atoms with Gasteiger partial charge in [-0.3, -0.25) is 9.59 Å². The number of anilines is 2. The van der Waals surface area contributed by atoms with Crippen LogP contribution in [0, 0.1) is 0 Å². The molecular weight excluding hydrogens is 420 g/mol. The molecule has 0 aliphatic heterocycles. The minimum atomic E-state index is -0.340. The zero-order valence-electron chi connectivity index (χ0n) is 16.8. The molecule has 6 nitrogen and oxygen atoms in total. The van der Waals surface area contributed by atoms with Crippen molar-refractivity contribution in [3.8, 4) is 11.5 Å². The summed E-state index contributed by atoms with van der Waals surface area (Å²) in [6, 6.07) is 16.3. The number of thiophene rings is 1. The third kappa shape index (κ3) is 5.55. The first kappa shape index (κ1) is 21.7. The molecule has 1 aromatic heterocycles. The standard InChI is InChI=1S/C22H22N2O4S2/c1-14(21(25)24-18-13-16(27-2)8-11-19(18)28-3)30-17-9-6-15(7-10-17)23-22(26)20-5-4-12-29-20/h4-14H,1-3H3,(H,23,26)(H,24,25). The average molecular weight is 443 g/mol. The molecule has 2 amide bonds. The summed E-state index contributed by atoms with van der Waals surface area (Å²) < 4.78 is 10.5. The Bertz CT molecular complexity index is 1000. The highest BCUT2D eigenvalue weighted by molar-refractivity contribution is 8.00. The Hall–Kier alpha value is -2.97. The smallest absolute Gasteiger partial charge is 0.265 e. The van der Waals surface area contributed by atoms with E-state index < -0.39 is 0 Å². The van der Waals surface area contributed by atoms with Crippen molar-refractivity contribution in [3.63, 3.8) is 0 Å². The van der Waals surface area contributed by atoms with E-state index in [1.807, 2.05) is 42.6 Å². The summed E-state index contributed by atoms with van der Waals surface area (Å²) in [4.78, 5) is 26.3. The molecule has 3 aromatic rings. The van der Waals surface area contributed by atoms with Crippen molar-refractivity contribution in [1.29, 1.82) is 0 Å². The Morgan fingerprint density at radius 2 is 1.77 bits per heavy atom. The van der Waals surface area contributed by atoms with Crippen LogP contribution in [0.2, 0.25) is 0 Å². The third-order valence-electron chi connectivity index (χ3n) is 4.20. The predicted octanol–water partition coefficient (Wildman–Crippen LogP) is 5.14. The first-order valence-corrected chi connectivity index (χ1v) is 10.9. The van der Waals surface area contributed by atoms with Gasteiger partial charge in [-0.25, -0.2) is 0 Å². The topological polar surface area (TPSA) is 76.7 Å². The van der Waals surface area contributed by atoms with Crippen molar-refractivity contribution in [3.05, 3.63) is 64.9 Å². The lowest BCUT2D eigenvalue weighted by atomic mass is 10.2. The number of thioether (sulfide) groups is 1. The van der Waals surface area contributed by atoms with Crippen LogP contribution in [0.25, 0.3) is 0 Å². The Morgan fingerprint density at radius 3 is 2.40 bits per heavy atom. The second kappa shape index (κ2) is 10.2. The van der Waals surface area contributed by atoms with Gasteiger partial charge in [-0.05, 0) is 54.8 Å². The summed E-state index contributed by atoms with van der Waals surface area (Å²) in [7, 11) is 3.12. The molecule has 0 aliphatic carbocycles. The molecule has 1 atom stereocenters. The summed E-state index contributed by atoms with van der Waals surface area (Å²) in [5, 5.41) is 7.27. The van der Waals surface area contributed by atoms with Gasteiger partial charge in [-0.2, -0.15) is 0 Å². The highest BCUT2D eigenvalue weighted by Gasteiger charge is 2.17. The van der Waals surface area contributed by atoms with Gasteiger partial charge in [-0.15, -0.1) is 23.1 Å². The molecule has 30 heavy (non-hydrogen) atoms. The van der Waals surface area contributed by atoms with E-state index in [9.17, 15) is 9.59 Å². The Morgan fingerprint density at radius 1 is 1.00 bits per heavy atom. The van der Waals surface area contributed by atoms with E-state index in [4.69, 9.17) is 9.47 Å². The van der Waals surface area contributed by atoms with Gasteiger partial charge in [0.25, 0.3) is 5.91 Å². The molecule has 0 radical (unpaired) electrons. The van der Waals surface area contributed by atoms with E-state index >= 15 is 0 Å². The number of methoxy groups -OCH3 is 2. The number of ether oxygens (including phenoxy) is 2. The van der Waals surface area contributed by atoms with Crippen LogP contribution in [0.1, 0.15) is 16.6 Å². The van der Waals surface area contributed by atoms with Crippen LogP contribution in [-0.4, -0.2) is 31.3 Å². The van der Waals surface area contributed by atoms with Crippen molar-refractivity contribution in [1.82, 2.24) is 0 Å². The molecule has 0 saturated heterocycles. The van der Waals surface area contributed by atoms with E-state index in [0.29, 0.717) is 27.8 Å². The number of benzene rings is 2. The highest BCUT2D eigenvalue weighted by Crippen LogP contribution is 2.31. The number of amides is 2. The van der Waals surface area contributed by atoms with E-state index in [0.717, 1.165) is 4.90 Å². The first-order chi connectivity index (χ1) is 14.5. The van der Waals surface area contributed by atoms with Gasteiger partial charge in [0, 0.05) is 16.6 Å². The molecule has 3 rings (SSSR count). The highest BCUT2D eigenvalue weighted by atomic mass is 32.2. The van der Waals surface area contributed by atoms with Gasteiger partial charge < -0.3 is 20.1 Å². The number of hydrogen-bond donors (Lipinski definition) is 2.